The van der Waals surface area contributed by atoms with Crippen LogP contribution in [0, 0.1) is 34.5 Å². The smallest absolute Gasteiger partial charge is 0.302 e. The van der Waals surface area contributed by atoms with Crippen molar-refractivity contribution in [3.63, 3.8) is 0 Å². The van der Waals surface area contributed by atoms with Gasteiger partial charge in [-0.3, -0.25) is 9.59 Å². The lowest BCUT2D eigenvalue weighted by molar-refractivity contribution is -0.212. The molecule has 4 aliphatic carbocycles. The molecule has 0 aromatic rings. The lowest BCUT2D eigenvalue weighted by Crippen LogP contribution is -2.63. The first-order valence-corrected chi connectivity index (χ1v) is 11.1. The lowest BCUT2D eigenvalue weighted by atomic mass is 9.43. The highest BCUT2D eigenvalue weighted by Crippen LogP contribution is 2.68. The van der Waals surface area contributed by atoms with Crippen molar-refractivity contribution in [1.82, 2.24) is 0 Å². The predicted octanol–water partition coefficient (Wildman–Crippen LogP) is 3.25. The summed E-state index contributed by atoms with van der Waals surface area (Å²) >= 11 is 0. The van der Waals surface area contributed by atoms with Gasteiger partial charge >= 0.3 is 5.97 Å². The molecule has 4 saturated carbocycles. The van der Waals surface area contributed by atoms with Gasteiger partial charge in [-0.25, -0.2) is 0 Å². The van der Waals surface area contributed by atoms with E-state index in [0.29, 0.717) is 24.7 Å². The fourth-order valence-corrected chi connectivity index (χ4v) is 8.23. The van der Waals surface area contributed by atoms with Gasteiger partial charge in [0.2, 0.25) is 0 Å². The molecule has 4 rings (SSSR count). The van der Waals surface area contributed by atoms with Crippen LogP contribution in [0.25, 0.3) is 0 Å². The van der Waals surface area contributed by atoms with Gasteiger partial charge in [-0.15, -0.1) is 0 Å². The van der Waals surface area contributed by atoms with E-state index in [1.165, 1.54) is 13.8 Å². The summed E-state index contributed by atoms with van der Waals surface area (Å²) in [6.07, 6.45) is 6.16. The molecule has 0 unspecified atom stereocenters. The molecule has 5 nitrogen and oxygen atoms in total. The van der Waals surface area contributed by atoms with Crippen LogP contribution in [0.1, 0.15) is 79.1 Å². The number of hydrogen-bond acceptors (Lipinski definition) is 5. The number of carbonyl (C=O) groups is 2. The molecular weight excluding hydrogens is 356 g/mol. The van der Waals surface area contributed by atoms with Crippen molar-refractivity contribution < 1.29 is 24.5 Å². The molecule has 0 aromatic carbocycles. The molecule has 0 bridgehead atoms. The Balaban J connectivity index is 1.76. The number of aliphatic hydroxyl groups is 2. The highest BCUT2D eigenvalue weighted by atomic mass is 16.5. The molecule has 0 aromatic heterocycles. The third-order valence-corrected chi connectivity index (χ3v) is 9.60. The molecule has 2 N–H and O–H groups in total. The minimum atomic E-state index is -1.32. The summed E-state index contributed by atoms with van der Waals surface area (Å²) < 4.78 is 5.92. The maximum Gasteiger partial charge on any atom is 0.302 e. The molecule has 28 heavy (non-hydrogen) atoms. The molecule has 4 aliphatic rings. The van der Waals surface area contributed by atoms with Gasteiger partial charge in [-0.2, -0.15) is 0 Å². The largest absolute Gasteiger partial charge is 0.462 e. The molecule has 5 heteroatoms. The van der Waals surface area contributed by atoms with Gasteiger partial charge < -0.3 is 14.9 Å². The number of esters is 1. The lowest BCUT2D eigenvalue weighted by Gasteiger charge is -2.63. The van der Waals surface area contributed by atoms with Crippen LogP contribution in [0.3, 0.4) is 0 Å². The molecule has 0 aliphatic heterocycles. The zero-order valence-corrected chi connectivity index (χ0v) is 17.7. The Morgan fingerprint density at radius 1 is 1.04 bits per heavy atom. The summed E-state index contributed by atoms with van der Waals surface area (Å²) in [5.74, 6) is 0.897. The summed E-state index contributed by atoms with van der Waals surface area (Å²) in [5.41, 5.74) is -1.82. The zero-order chi connectivity index (χ0) is 20.5. The minimum absolute atomic E-state index is 0.0422. The van der Waals surface area contributed by atoms with Crippen LogP contribution in [0.4, 0.5) is 0 Å². The van der Waals surface area contributed by atoms with Gasteiger partial charge in [0.15, 0.2) is 5.78 Å². The van der Waals surface area contributed by atoms with Gasteiger partial charge in [-0.05, 0) is 81.5 Å². The Bertz CT molecular complexity index is 676. The molecule has 9 atom stereocenters. The van der Waals surface area contributed by atoms with E-state index in [1.54, 1.807) is 0 Å². The Morgan fingerprint density at radius 3 is 2.39 bits per heavy atom. The third-order valence-electron chi connectivity index (χ3n) is 9.60. The van der Waals surface area contributed by atoms with Crippen LogP contribution in [0.5, 0.6) is 0 Å². The van der Waals surface area contributed by atoms with E-state index in [-0.39, 0.29) is 41.2 Å². The van der Waals surface area contributed by atoms with Gasteiger partial charge in [0.1, 0.15) is 11.7 Å². The van der Waals surface area contributed by atoms with Crippen molar-refractivity contribution >= 4 is 11.8 Å². The standard InChI is InChI=1S/C23H36O5/c1-13(24)23(27)10-8-18-17-6-5-15-11-16(26)7-9-21(15,3)20(17)19(28-14(2)25)12-22(18,23)4/h15-20,26-27H,5-12H2,1-4H3/t15-,16-,17+,18-,19-,20+,21+,22-,23+/m1/s1. The van der Waals surface area contributed by atoms with E-state index in [1.807, 2.05) is 0 Å². The molecule has 0 amide bonds. The van der Waals surface area contributed by atoms with Crippen molar-refractivity contribution in [2.45, 2.75) is 96.9 Å². The number of rotatable bonds is 2. The second-order valence-corrected chi connectivity index (χ2v) is 10.7. The highest BCUT2D eigenvalue weighted by Gasteiger charge is 2.69. The summed E-state index contributed by atoms with van der Waals surface area (Å²) in [6, 6.07) is 0. The fraction of sp³-hybridized carbons (Fsp3) is 0.913. The van der Waals surface area contributed by atoms with Crippen LogP contribution in [0.2, 0.25) is 0 Å². The normalized spacial score (nSPS) is 52.9. The number of fused-ring (bicyclic) bond motifs is 5. The zero-order valence-electron chi connectivity index (χ0n) is 17.7. The number of Topliss-reactive ketones (excluding diaryl/α,β-unsaturated/α-hetero) is 1. The average molecular weight is 393 g/mol. The van der Waals surface area contributed by atoms with Gasteiger partial charge in [0.05, 0.1) is 6.10 Å². The second-order valence-electron chi connectivity index (χ2n) is 10.7. The molecule has 0 heterocycles. The minimum Gasteiger partial charge on any atom is -0.462 e. The van der Waals surface area contributed by atoms with E-state index >= 15 is 0 Å². The monoisotopic (exact) mass is 392 g/mol. The van der Waals surface area contributed by atoms with E-state index in [2.05, 4.69) is 13.8 Å². The number of ketones is 1. The molecule has 0 saturated heterocycles. The maximum absolute atomic E-state index is 12.5. The maximum atomic E-state index is 12.5. The fourth-order valence-electron chi connectivity index (χ4n) is 8.23. The van der Waals surface area contributed by atoms with Gasteiger partial charge in [0, 0.05) is 18.3 Å². The first kappa shape index (κ1) is 20.3. The first-order valence-electron chi connectivity index (χ1n) is 11.1. The Labute approximate surface area is 168 Å². The molecule has 4 fully saturated rings. The molecular formula is C23H36O5. The van der Waals surface area contributed by atoms with Crippen LogP contribution in [-0.4, -0.2) is 39.8 Å². The van der Waals surface area contributed by atoms with Crippen molar-refractivity contribution in [2.75, 3.05) is 0 Å². The third kappa shape index (κ3) is 2.64. The highest BCUT2D eigenvalue weighted by molar-refractivity contribution is 5.86. The Kier molecular flexibility index (Phi) is 4.74. The summed E-state index contributed by atoms with van der Waals surface area (Å²) in [4.78, 5) is 24.5. The van der Waals surface area contributed by atoms with E-state index in [0.717, 1.165) is 38.5 Å². The van der Waals surface area contributed by atoms with Crippen LogP contribution in [0.15, 0.2) is 0 Å². The molecule has 158 valence electrons. The summed E-state index contributed by atoms with van der Waals surface area (Å²) in [6.45, 7) is 7.35. The van der Waals surface area contributed by atoms with Gasteiger partial charge in [-0.1, -0.05) is 13.8 Å². The number of aliphatic hydroxyl groups excluding tert-OH is 1. The number of hydrogen-bond donors (Lipinski definition) is 2. The van der Waals surface area contributed by atoms with Crippen LogP contribution >= 0.6 is 0 Å². The molecule has 0 radical (unpaired) electrons. The second kappa shape index (κ2) is 6.53. The quantitative estimate of drug-likeness (QED) is 0.705. The van der Waals surface area contributed by atoms with Crippen LogP contribution < -0.4 is 0 Å². The Hall–Kier alpha value is -0.940. The number of carbonyl (C=O) groups excluding carboxylic acids is 2. The van der Waals surface area contributed by atoms with Crippen molar-refractivity contribution in [1.29, 1.82) is 0 Å². The topological polar surface area (TPSA) is 83.8 Å². The predicted molar refractivity (Wildman–Crippen MR) is 104 cm³/mol. The van der Waals surface area contributed by atoms with Crippen molar-refractivity contribution in [3.8, 4) is 0 Å². The van der Waals surface area contributed by atoms with E-state index < -0.39 is 11.0 Å². The molecule has 0 spiro atoms. The van der Waals surface area contributed by atoms with Crippen molar-refractivity contribution in [2.24, 2.45) is 34.5 Å². The first-order chi connectivity index (χ1) is 13.0. The SMILES string of the molecule is CC(=O)O[C@@H]1C[C@]2(C)[C@H](CC[C@]2(O)C(C)=O)[C@@H]2CC[C@@H]3C[C@H](O)CC[C@]3(C)[C@@H]21. The van der Waals surface area contributed by atoms with E-state index in [9.17, 15) is 19.8 Å². The summed E-state index contributed by atoms with van der Waals surface area (Å²) in [5, 5.41) is 21.6. The average Bonchev–Trinajstić information content (AvgIpc) is 2.87. The Morgan fingerprint density at radius 2 is 1.75 bits per heavy atom. The van der Waals surface area contributed by atoms with Crippen molar-refractivity contribution in [3.05, 3.63) is 0 Å². The van der Waals surface area contributed by atoms with Crippen LogP contribution in [-0.2, 0) is 14.3 Å². The van der Waals surface area contributed by atoms with Gasteiger partial charge in [0.25, 0.3) is 0 Å². The van der Waals surface area contributed by atoms with E-state index in [4.69, 9.17) is 4.74 Å². The summed E-state index contributed by atoms with van der Waals surface area (Å²) in [7, 11) is 0. The number of ether oxygens (including phenoxy) is 1.